The van der Waals surface area contributed by atoms with Gasteiger partial charge in [0.1, 0.15) is 0 Å². The number of anilines is 1. The van der Waals surface area contributed by atoms with Crippen LogP contribution in [0.5, 0.6) is 5.88 Å². The molecule has 7 heteroatoms. The lowest BCUT2D eigenvalue weighted by molar-refractivity contribution is 0.392. The molecule has 0 amide bonds. The number of hydrogen-bond donors (Lipinski definition) is 1. The van der Waals surface area contributed by atoms with Crippen molar-refractivity contribution in [1.82, 2.24) is 10.2 Å². The van der Waals surface area contributed by atoms with Gasteiger partial charge in [0.15, 0.2) is 9.84 Å². The monoisotopic (exact) mass is 271 g/mol. The van der Waals surface area contributed by atoms with Gasteiger partial charge in [-0.15, -0.1) is 5.10 Å². The third kappa shape index (κ3) is 3.10. The molecule has 0 spiro atoms. The topological polar surface area (TPSA) is 95.2 Å². The fourth-order valence-corrected chi connectivity index (χ4v) is 4.05. The van der Waals surface area contributed by atoms with Gasteiger partial charge in [0.2, 0.25) is 0 Å². The quantitative estimate of drug-likeness (QED) is 0.856. The number of nitrogens with zero attached hydrogens (tertiary/aromatic N) is 2. The summed E-state index contributed by atoms with van der Waals surface area (Å²) in [5, 5.41) is 7.85. The molecule has 2 heterocycles. The summed E-state index contributed by atoms with van der Waals surface area (Å²) in [4.78, 5) is 0. The van der Waals surface area contributed by atoms with E-state index in [0.717, 1.165) is 18.5 Å². The SMILES string of the molecule is COc1nnc(CC2CCCS(=O)(=O)C2)cc1N. The molecule has 1 aromatic rings. The maximum atomic E-state index is 11.5. The molecule has 18 heavy (non-hydrogen) atoms. The van der Waals surface area contributed by atoms with Crippen LogP contribution in [0.3, 0.4) is 0 Å². The normalized spacial score (nSPS) is 22.6. The first kappa shape index (κ1) is 13.1. The number of hydrogen-bond acceptors (Lipinski definition) is 6. The molecule has 0 radical (unpaired) electrons. The number of ether oxygens (including phenoxy) is 1. The molecule has 1 aromatic heterocycles. The van der Waals surface area contributed by atoms with E-state index in [4.69, 9.17) is 10.5 Å². The molecular formula is C11H17N3O3S. The van der Waals surface area contributed by atoms with E-state index in [1.165, 1.54) is 7.11 Å². The van der Waals surface area contributed by atoms with Crippen molar-refractivity contribution in [2.75, 3.05) is 24.3 Å². The first-order chi connectivity index (χ1) is 8.50. The van der Waals surface area contributed by atoms with Crippen LogP contribution in [-0.2, 0) is 16.3 Å². The molecule has 1 atom stereocenters. The van der Waals surface area contributed by atoms with Gasteiger partial charge in [-0.2, -0.15) is 5.10 Å². The minimum absolute atomic E-state index is 0.117. The van der Waals surface area contributed by atoms with Crippen LogP contribution in [0.15, 0.2) is 6.07 Å². The van der Waals surface area contributed by atoms with Crippen LogP contribution >= 0.6 is 0 Å². The van der Waals surface area contributed by atoms with E-state index in [9.17, 15) is 8.42 Å². The van der Waals surface area contributed by atoms with Crippen molar-refractivity contribution >= 4 is 15.5 Å². The second kappa shape index (κ2) is 5.09. The highest BCUT2D eigenvalue weighted by Gasteiger charge is 2.25. The van der Waals surface area contributed by atoms with E-state index in [2.05, 4.69) is 10.2 Å². The van der Waals surface area contributed by atoms with E-state index in [-0.39, 0.29) is 11.7 Å². The van der Waals surface area contributed by atoms with Gasteiger partial charge in [-0.05, 0) is 31.2 Å². The largest absolute Gasteiger partial charge is 0.478 e. The van der Waals surface area contributed by atoms with Gasteiger partial charge in [0.05, 0.1) is 30.0 Å². The highest BCUT2D eigenvalue weighted by molar-refractivity contribution is 7.91. The minimum atomic E-state index is -2.88. The van der Waals surface area contributed by atoms with Crippen molar-refractivity contribution in [3.63, 3.8) is 0 Å². The number of nitrogen functional groups attached to an aromatic ring is 1. The Morgan fingerprint density at radius 1 is 1.50 bits per heavy atom. The molecule has 2 N–H and O–H groups in total. The lowest BCUT2D eigenvalue weighted by Crippen LogP contribution is -2.26. The standard InChI is InChI=1S/C11H17N3O3S/c1-17-11-10(12)6-9(13-14-11)5-8-3-2-4-18(15,16)7-8/h6,8H,2-5,7H2,1H3,(H2,12,13). The maximum Gasteiger partial charge on any atom is 0.256 e. The third-order valence-electron chi connectivity index (χ3n) is 3.09. The lowest BCUT2D eigenvalue weighted by atomic mass is 9.99. The number of rotatable bonds is 3. The van der Waals surface area contributed by atoms with Crippen LogP contribution in [0.4, 0.5) is 5.69 Å². The van der Waals surface area contributed by atoms with E-state index in [0.29, 0.717) is 23.7 Å². The van der Waals surface area contributed by atoms with Gasteiger partial charge in [0, 0.05) is 0 Å². The van der Waals surface area contributed by atoms with Crippen molar-refractivity contribution in [3.8, 4) is 5.88 Å². The van der Waals surface area contributed by atoms with Crippen molar-refractivity contribution in [2.45, 2.75) is 19.3 Å². The fraction of sp³-hybridized carbons (Fsp3) is 0.636. The Balaban J connectivity index is 2.07. The summed E-state index contributed by atoms with van der Waals surface area (Å²) in [6.45, 7) is 0. The van der Waals surface area contributed by atoms with Gasteiger partial charge in [-0.25, -0.2) is 8.42 Å². The van der Waals surface area contributed by atoms with Crippen LogP contribution in [0.1, 0.15) is 18.5 Å². The number of methoxy groups -OCH3 is 1. The molecule has 0 aliphatic carbocycles. The van der Waals surface area contributed by atoms with Gasteiger partial charge in [-0.1, -0.05) is 0 Å². The number of aromatic nitrogens is 2. The van der Waals surface area contributed by atoms with E-state index in [1.807, 2.05) is 0 Å². The predicted molar refractivity (Wildman–Crippen MR) is 68.1 cm³/mol. The predicted octanol–water partition coefficient (Wildman–Crippen LogP) is 0.435. The summed E-state index contributed by atoms with van der Waals surface area (Å²) in [5.41, 5.74) is 6.89. The summed E-state index contributed by atoms with van der Waals surface area (Å²) in [6.07, 6.45) is 2.24. The van der Waals surface area contributed by atoms with E-state index < -0.39 is 9.84 Å². The molecule has 1 aliphatic rings. The molecule has 1 fully saturated rings. The van der Waals surface area contributed by atoms with Crippen LogP contribution in [0.25, 0.3) is 0 Å². The zero-order valence-electron chi connectivity index (χ0n) is 10.3. The van der Waals surface area contributed by atoms with Gasteiger partial charge >= 0.3 is 0 Å². The zero-order valence-corrected chi connectivity index (χ0v) is 11.1. The van der Waals surface area contributed by atoms with Gasteiger partial charge in [-0.3, -0.25) is 0 Å². The molecule has 100 valence electrons. The van der Waals surface area contributed by atoms with Crippen LogP contribution in [0, 0.1) is 5.92 Å². The third-order valence-corrected chi connectivity index (χ3v) is 4.98. The molecule has 0 aromatic carbocycles. The molecule has 0 saturated carbocycles. The van der Waals surface area contributed by atoms with Gasteiger partial charge < -0.3 is 10.5 Å². The Bertz CT molecular complexity index is 530. The Kier molecular flexibility index (Phi) is 3.70. The first-order valence-corrected chi connectivity index (χ1v) is 7.69. The molecular weight excluding hydrogens is 254 g/mol. The summed E-state index contributed by atoms with van der Waals surface area (Å²) >= 11 is 0. The Morgan fingerprint density at radius 3 is 2.89 bits per heavy atom. The molecule has 1 saturated heterocycles. The number of nitrogens with two attached hydrogens (primary N) is 1. The Labute approximate surface area is 106 Å². The second-order valence-corrected chi connectivity index (χ2v) is 6.86. The van der Waals surface area contributed by atoms with Gasteiger partial charge in [0.25, 0.3) is 5.88 Å². The molecule has 6 nitrogen and oxygen atoms in total. The summed E-state index contributed by atoms with van der Waals surface area (Å²) in [5.74, 6) is 0.960. The van der Waals surface area contributed by atoms with Crippen molar-refractivity contribution < 1.29 is 13.2 Å². The van der Waals surface area contributed by atoms with Crippen molar-refractivity contribution in [2.24, 2.45) is 5.92 Å². The average Bonchev–Trinajstić information content (AvgIpc) is 2.28. The second-order valence-electron chi connectivity index (χ2n) is 4.63. The molecule has 2 rings (SSSR count). The highest BCUT2D eigenvalue weighted by atomic mass is 32.2. The van der Waals surface area contributed by atoms with Crippen molar-refractivity contribution in [3.05, 3.63) is 11.8 Å². The average molecular weight is 271 g/mol. The van der Waals surface area contributed by atoms with E-state index >= 15 is 0 Å². The maximum absolute atomic E-state index is 11.5. The smallest absolute Gasteiger partial charge is 0.256 e. The zero-order chi connectivity index (χ0) is 13.2. The Hall–Kier alpha value is -1.37. The summed E-state index contributed by atoms with van der Waals surface area (Å²) in [6, 6.07) is 1.70. The van der Waals surface area contributed by atoms with Crippen LogP contribution in [-0.4, -0.2) is 37.2 Å². The fourth-order valence-electron chi connectivity index (χ4n) is 2.27. The molecule has 0 bridgehead atoms. The minimum Gasteiger partial charge on any atom is -0.478 e. The highest BCUT2D eigenvalue weighted by Crippen LogP contribution is 2.23. The summed E-state index contributed by atoms with van der Waals surface area (Å²) < 4.78 is 28.0. The molecule has 1 aliphatic heterocycles. The van der Waals surface area contributed by atoms with Crippen LogP contribution in [0.2, 0.25) is 0 Å². The molecule has 1 unspecified atom stereocenters. The number of sulfone groups is 1. The first-order valence-electron chi connectivity index (χ1n) is 5.86. The van der Waals surface area contributed by atoms with E-state index in [1.54, 1.807) is 6.07 Å². The van der Waals surface area contributed by atoms with Crippen LogP contribution < -0.4 is 10.5 Å². The lowest BCUT2D eigenvalue weighted by Gasteiger charge is -2.21. The Morgan fingerprint density at radius 2 is 2.28 bits per heavy atom. The summed E-state index contributed by atoms with van der Waals surface area (Å²) in [7, 11) is -1.40. The van der Waals surface area contributed by atoms with Crippen molar-refractivity contribution in [1.29, 1.82) is 0 Å².